The molecule has 0 unspecified atom stereocenters. The molecule has 2 N–H and O–H groups in total. The van der Waals surface area contributed by atoms with E-state index >= 15 is 0 Å². The largest absolute Gasteiger partial charge is 0.484 e. The van der Waals surface area contributed by atoms with Crippen molar-refractivity contribution in [1.82, 2.24) is 10.6 Å². The Kier molecular flexibility index (Phi) is 6.13. The highest BCUT2D eigenvalue weighted by Gasteiger charge is 2.08. The molecule has 126 valence electrons. The number of methoxy groups -OCH3 is 1. The third-order valence-electron chi connectivity index (χ3n) is 3.19. The summed E-state index contributed by atoms with van der Waals surface area (Å²) in [6.07, 6.45) is 0. The standard InChI is InChI=1S/C17H18N2O5/c1-23-17(22)10-19-15(20)9-18-16(21)11-24-14-7-6-12-4-2-3-5-13(12)8-14/h2-8H,9-11H2,1H3,(H,18,21)(H,19,20). The summed E-state index contributed by atoms with van der Waals surface area (Å²) in [5, 5.41) is 6.81. The fourth-order valence-corrected chi connectivity index (χ4v) is 1.94. The zero-order valence-electron chi connectivity index (χ0n) is 13.2. The van der Waals surface area contributed by atoms with Crippen LogP contribution >= 0.6 is 0 Å². The topological polar surface area (TPSA) is 93.7 Å². The van der Waals surface area contributed by atoms with Gasteiger partial charge in [0.1, 0.15) is 12.3 Å². The normalized spacial score (nSPS) is 10.0. The molecule has 2 aromatic rings. The number of ether oxygens (including phenoxy) is 2. The molecule has 0 bridgehead atoms. The maximum atomic E-state index is 11.7. The molecule has 0 aliphatic carbocycles. The number of carbonyl (C=O) groups excluding carboxylic acids is 3. The number of nitrogens with one attached hydrogen (secondary N) is 2. The lowest BCUT2D eigenvalue weighted by Crippen LogP contribution is -2.40. The summed E-state index contributed by atoms with van der Waals surface area (Å²) in [6.45, 7) is -0.682. The number of amides is 2. The first-order valence-corrected chi connectivity index (χ1v) is 7.30. The molecule has 2 amide bonds. The van der Waals surface area contributed by atoms with Crippen LogP contribution in [0.15, 0.2) is 42.5 Å². The van der Waals surface area contributed by atoms with Gasteiger partial charge in [0, 0.05) is 0 Å². The van der Waals surface area contributed by atoms with E-state index in [0.29, 0.717) is 5.75 Å². The molecule has 7 heteroatoms. The Morgan fingerprint density at radius 3 is 2.38 bits per heavy atom. The molecule has 0 spiro atoms. The number of rotatable bonds is 7. The molecule has 2 rings (SSSR count). The van der Waals surface area contributed by atoms with Crippen LogP contribution in [0.4, 0.5) is 0 Å². The first-order valence-electron chi connectivity index (χ1n) is 7.30. The van der Waals surface area contributed by atoms with Crippen molar-refractivity contribution >= 4 is 28.6 Å². The Bertz CT molecular complexity index is 745. The summed E-state index contributed by atoms with van der Waals surface area (Å²) in [5.41, 5.74) is 0. The van der Waals surface area contributed by atoms with E-state index in [0.717, 1.165) is 10.8 Å². The highest BCUT2D eigenvalue weighted by molar-refractivity contribution is 5.87. The Labute approximate surface area is 138 Å². The van der Waals surface area contributed by atoms with E-state index in [2.05, 4.69) is 15.4 Å². The van der Waals surface area contributed by atoms with Gasteiger partial charge in [-0.25, -0.2) is 0 Å². The van der Waals surface area contributed by atoms with E-state index in [4.69, 9.17) is 4.74 Å². The van der Waals surface area contributed by atoms with Gasteiger partial charge in [0.25, 0.3) is 5.91 Å². The molecule has 0 fully saturated rings. The summed E-state index contributed by atoms with van der Waals surface area (Å²) in [6, 6.07) is 13.3. The summed E-state index contributed by atoms with van der Waals surface area (Å²) in [5.74, 6) is -0.913. The van der Waals surface area contributed by atoms with E-state index < -0.39 is 17.8 Å². The van der Waals surface area contributed by atoms with Crippen LogP contribution in [-0.4, -0.2) is 44.6 Å². The summed E-state index contributed by atoms with van der Waals surface area (Å²) >= 11 is 0. The highest BCUT2D eigenvalue weighted by Crippen LogP contribution is 2.20. The molecular formula is C17H18N2O5. The van der Waals surface area contributed by atoms with Gasteiger partial charge in [0.2, 0.25) is 5.91 Å². The molecule has 0 aromatic heterocycles. The number of benzene rings is 2. The predicted molar refractivity (Wildman–Crippen MR) is 87.5 cm³/mol. The van der Waals surface area contributed by atoms with Gasteiger partial charge in [-0.3, -0.25) is 14.4 Å². The van der Waals surface area contributed by atoms with Crippen LogP contribution in [0.25, 0.3) is 10.8 Å². The third kappa shape index (κ3) is 5.28. The van der Waals surface area contributed by atoms with Crippen LogP contribution in [0, 0.1) is 0 Å². The molecule has 0 aliphatic rings. The van der Waals surface area contributed by atoms with Gasteiger partial charge < -0.3 is 20.1 Å². The first kappa shape index (κ1) is 17.3. The van der Waals surface area contributed by atoms with E-state index in [1.165, 1.54) is 7.11 Å². The zero-order valence-corrected chi connectivity index (χ0v) is 13.2. The van der Waals surface area contributed by atoms with Crippen molar-refractivity contribution in [3.05, 3.63) is 42.5 Å². The lowest BCUT2D eigenvalue weighted by molar-refractivity contribution is -0.141. The van der Waals surface area contributed by atoms with E-state index in [1.807, 2.05) is 36.4 Å². The average Bonchev–Trinajstić information content (AvgIpc) is 2.62. The Morgan fingerprint density at radius 2 is 1.62 bits per heavy atom. The second-order valence-electron chi connectivity index (χ2n) is 4.93. The fourth-order valence-electron chi connectivity index (χ4n) is 1.94. The molecular weight excluding hydrogens is 312 g/mol. The van der Waals surface area contributed by atoms with Gasteiger partial charge in [0.05, 0.1) is 13.7 Å². The van der Waals surface area contributed by atoms with Gasteiger partial charge >= 0.3 is 5.97 Å². The molecule has 0 aliphatic heterocycles. The van der Waals surface area contributed by atoms with Crippen molar-refractivity contribution in [1.29, 1.82) is 0 Å². The number of esters is 1. The van der Waals surface area contributed by atoms with Crippen LogP contribution in [0.1, 0.15) is 0 Å². The minimum atomic E-state index is -0.561. The Hall–Kier alpha value is -3.09. The fraction of sp³-hybridized carbons (Fsp3) is 0.235. The minimum Gasteiger partial charge on any atom is -0.484 e. The van der Waals surface area contributed by atoms with Gasteiger partial charge in [-0.2, -0.15) is 0 Å². The Morgan fingerprint density at radius 1 is 0.917 bits per heavy atom. The van der Waals surface area contributed by atoms with E-state index in [9.17, 15) is 14.4 Å². The maximum Gasteiger partial charge on any atom is 0.325 e. The summed E-state index contributed by atoms with van der Waals surface area (Å²) in [7, 11) is 1.22. The minimum absolute atomic E-state index is 0.206. The van der Waals surface area contributed by atoms with Gasteiger partial charge in [0.15, 0.2) is 6.61 Å². The summed E-state index contributed by atoms with van der Waals surface area (Å²) < 4.78 is 9.79. The maximum absolute atomic E-state index is 11.7. The molecule has 0 atom stereocenters. The molecule has 0 saturated heterocycles. The summed E-state index contributed by atoms with van der Waals surface area (Å²) in [4.78, 5) is 33.9. The van der Waals surface area contributed by atoms with Crippen molar-refractivity contribution in [2.75, 3.05) is 26.8 Å². The molecule has 0 radical (unpaired) electrons. The number of hydrogen-bond acceptors (Lipinski definition) is 5. The molecule has 0 heterocycles. The van der Waals surface area contributed by atoms with Gasteiger partial charge in [-0.05, 0) is 22.9 Å². The highest BCUT2D eigenvalue weighted by atomic mass is 16.5. The predicted octanol–water partition coefficient (Wildman–Crippen LogP) is 0.624. The van der Waals surface area contributed by atoms with Crippen LogP contribution in [0.5, 0.6) is 5.75 Å². The van der Waals surface area contributed by atoms with Crippen molar-refractivity contribution in [2.24, 2.45) is 0 Å². The van der Waals surface area contributed by atoms with Crippen LogP contribution in [0.3, 0.4) is 0 Å². The molecule has 2 aromatic carbocycles. The average molecular weight is 330 g/mol. The monoisotopic (exact) mass is 330 g/mol. The van der Waals surface area contributed by atoms with Gasteiger partial charge in [-0.15, -0.1) is 0 Å². The zero-order chi connectivity index (χ0) is 17.4. The number of carbonyl (C=O) groups is 3. The lowest BCUT2D eigenvalue weighted by atomic mass is 10.1. The van der Waals surface area contributed by atoms with Crippen LogP contribution in [0.2, 0.25) is 0 Å². The quantitative estimate of drug-likeness (QED) is 0.726. The smallest absolute Gasteiger partial charge is 0.325 e. The van der Waals surface area contributed by atoms with Gasteiger partial charge in [-0.1, -0.05) is 30.3 Å². The van der Waals surface area contributed by atoms with Crippen molar-refractivity contribution in [3.8, 4) is 5.75 Å². The second-order valence-corrected chi connectivity index (χ2v) is 4.93. The Balaban J connectivity index is 1.74. The SMILES string of the molecule is COC(=O)CNC(=O)CNC(=O)COc1ccc2ccccc2c1. The van der Waals surface area contributed by atoms with Crippen LogP contribution in [-0.2, 0) is 19.1 Å². The number of hydrogen-bond donors (Lipinski definition) is 2. The molecule has 0 saturated carbocycles. The first-order chi connectivity index (χ1) is 11.6. The lowest BCUT2D eigenvalue weighted by Gasteiger charge is -2.08. The van der Waals surface area contributed by atoms with Crippen LogP contribution < -0.4 is 15.4 Å². The van der Waals surface area contributed by atoms with Crippen molar-refractivity contribution < 1.29 is 23.9 Å². The number of fused-ring (bicyclic) bond motifs is 1. The molecule has 24 heavy (non-hydrogen) atoms. The van der Waals surface area contributed by atoms with Crippen molar-refractivity contribution in [3.63, 3.8) is 0 Å². The second kappa shape index (κ2) is 8.52. The van der Waals surface area contributed by atoms with E-state index in [-0.39, 0.29) is 19.7 Å². The van der Waals surface area contributed by atoms with Crippen molar-refractivity contribution in [2.45, 2.75) is 0 Å². The molecule has 7 nitrogen and oxygen atoms in total. The third-order valence-corrected chi connectivity index (χ3v) is 3.19. The van der Waals surface area contributed by atoms with E-state index in [1.54, 1.807) is 6.07 Å².